The van der Waals surface area contributed by atoms with Crippen LogP contribution in [0.5, 0.6) is 0 Å². The molecule has 0 bridgehead atoms. The minimum Gasteiger partial charge on any atom is -0.376 e. The van der Waals surface area contributed by atoms with Gasteiger partial charge in [0.2, 0.25) is 0 Å². The first kappa shape index (κ1) is 14.8. The maximum atomic E-state index is 5.88. The third-order valence-corrected chi connectivity index (χ3v) is 3.43. The van der Waals surface area contributed by atoms with Gasteiger partial charge in [-0.05, 0) is 25.1 Å². The summed E-state index contributed by atoms with van der Waals surface area (Å²) in [7, 11) is 1.98. The Balaban J connectivity index is 1.90. The Morgan fingerprint density at radius 2 is 1.70 bits per heavy atom. The van der Waals surface area contributed by atoms with Crippen molar-refractivity contribution < 1.29 is 4.74 Å². The molecule has 1 N–H and O–H groups in total. The van der Waals surface area contributed by atoms with E-state index >= 15 is 0 Å². The van der Waals surface area contributed by atoms with Crippen LogP contribution in [-0.4, -0.2) is 20.2 Å². The Hall–Kier alpha value is -1.64. The molecule has 2 aromatic rings. The summed E-state index contributed by atoms with van der Waals surface area (Å²) in [5.41, 5.74) is 3.85. The molecule has 0 saturated heterocycles. The summed E-state index contributed by atoms with van der Waals surface area (Å²) in [4.78, 5) is 0. The fraction of sp³-hybridized carbons (Fsp3) is 0.333. The highest BCUT2D eigenvalue weighted by Gasteiger charge is 2.10. The number of likely N-dealkylation sites (N-methyl/N-ethyl adjacent to an activating group) is 1. The third-order valence-electron chi connectivity index (χ3n) is 3.43. The molecule has 0 fully saturated rings. The number of hydrogen-bond donors (Lipinski definition) is 1. The second-order valence-corrected chi connectivity index (χ2v) is 5.17. The van der Waals surface area contributed by atoms with Crippen molar-refractivity contribution in [3.63, 3.8) is 0 Å². The van der Waals surface area contributed by atoms with Crippen LogP contribution < -0.4 is 5.32 Å². The van der Waals surface area contributed by atoms with Crippen LogP contribution in [0.15, 0.2) is 54.6 Å². The van der Waals surface area contributed by atoms with Crippen LogP contribution in [0.25, 0.3) is 0 Å². The van der Waals surface area contributed by atoms with Crippen molar-refractivity contribution in [1.82, 2.24) is 5.32 Å². The molecule has 0 amide bonds. The molecule has 2 heteroatoms. The number of ether oxygens (including phenoxy) is 1. The quantitative estimate of drug-likeness (QED) is 0.830. The van der Waals surface area contributed by atoms with Crippen LogP contribution in [-0.2, 0) is 11.3 Å². The van der Waals surface area contributed by atoms with E-state index in [0.717, 1.165) is 13.2 Å². The molecule has 0 saturated carbocycles. The van der Waals surface area contributed by atoms with Crippen LogP contribution in [0.1, 0.15) is 22.6 Å². The standard InChI is InChI=1S/C18H23NO/c1-15-8-10-17(11-9-15)18(12-19-2)14-20-13-16-6-4-3-5-7-16/h3-11,18-19H,12-14H2,1-2H3. The highest BCUT2D eigenvalue weighted by molar-refractivity contribution is 5.25. The monoisotopic (exact) mass is 269 g/mol. The Morgan fingerprint density at radius 3 is 2.35 bits per heavy atom. The van der Waals surface area contributed by atoms with E-state index in [4.69, 9.17) is 4.74 Å². The SMILES string of the molecule is CNCC(COCc1ccccc1)c1ccc(C)cc1. The van der Waals surface area contributed by atoms with E-state index in [1.165, 1.54) is 16.7 Å². The molecule has 0 aliphatic rings. The average molecular weight is 269 g/mol. The number of hydrogen-bond acceptors (Lipinski definition) is 2. The molecule has 2 rings (SSSR count). The van der Waals surface area contributed by atoms with Gasteiger partial charge in [-0.2, -0.15) is 0 Å². The van der Waals surface area contributed by atoms with Gasteiger partial charge in [0.15, 0.2) is 0 Å². The van der Waals surface area contributed by atoms with Gasteiger partial charge in [-0.15, -0.1) is 0 Å². The Labute approximate surface area is 121 Å². The van der Waals surface area contributed by atoms with Gasteiger partial charge in [0, 0.05) is 12.5 Å². The molecule has 106 valence electrons. The smallest absolute Gasteiger partial charge is 0.0717 e. The molecular formula is C18H23NO. The molecule has 20 heavy (non-hydrogen) atoms. The van der Waals surface area contributed by atoms with Gasteiger partial charge in [0.05, 0.1) is 13.2 Å². The molecule has 1 unspecified atom stereocenters. The molecule has 0 heterocycles. The summed E-state index contributed by atoms with van der Waals surface area (Å²) in [6.45, 7) is 4.45. The lowest BCUT2D eigenvalue weighted by atomic mass is 9.99. The van der Waals surface area contributed by atoms with E-state index in [-0.39, 0.29) is 0 Å². The molecular weight excluding hydrogens is 246 g/mol. The van der Waals surface area contributed by atoms with Crippen molar-refractivity contribution in [3.05, 3.63) is 71.3 Å². The molecule has 0 aliphatic heterocycles. The van der Waals surface area contributed by atoms with Crippen LogP contribution >= 0.6 is 0 Å². The lowest BCUT2D eigenvalue weighted by molar-refractivity contribution is 0.107. The third kappa shape index (κ3) is 4.48. The van der Waals surface area contributed by atoms with E-state index in [9.17, 15) is 0 Å². The van der Waals surface area contributed by atoms with Crippen molar-refractivity contribution in [2.24, 2.45) is 0 Å². The van der Waals surface area contributed by atoms with Crippen LogP contribution in [0, 0.1) is 6.92 Å². The van der Waals surface area contributed by atoms with Gasteiger partial charge in [0.25, 0.3) is 0 Å². The zero-order valence-corrected chi connectivity index (χ0v) is 12.3. The Morgan fingerprint density at radius 1 is 1.00 bits per heavy atom. The number of benzene rings is 2. The second kappa shape index (κ2) is 7.83. The maximum Gasteiger partial charge on any atom is 0.0717 e. The van der Waals surface area contributed by atoms with Crippen LogP contribution in [0.3, 0.4) is 0 Å². The largest absolute Gasteiger partial charge is 0.376 e. The Bertz CT molecular complexity index is 493. The molecule has 0 aliphatic carbocycles. The number of aryl methyl sites for hydroxylation is 1. The van der Waals surface area contributed by atoms with Gasteiger partial charge < -0.3 is 10.1 Å². The van der Waals surface area contributed by atoms with Crippen molar-refractivity contribution in [3.8, 4) is 0 Å². The first-order valence-electron chi connectivity index (χ1n) is 7.12. The maximum absolute atomic E-state index is 5.88. The van der Waals surface area contributed by atoms with Gasteiger partial charge in [0.1, 0.15) is 0 Å². The highest BCUT2D eigenvalue weighted by atomic mass is 16.5. The zero-order valence-electron chi connectivity index (χ0n) is 12.3. The summed E-state index contributed by atoms with van der Waals surface area (Å²) in [5, 5.41) is 3.25. The minimum atomic E-state index is 0.393. The van der Waals surface area contributed by atoms with Crippen molar-refractivity contribution >= 4 is 0 Å². The fourth-order valence-electron chi connectivity index (χ4n) is 2.25. The normalized spacial score (nSPS) is 12.3. The predicted octanol–water partition coefficient (Wildman–Crippen LogP) is 3.51. The first-order chi connectivity index (χ1) is 9.79. The van der Waals surface area contributed by atoms with Crippen LogP contribution in [0.4, 0.5) is 0 Å². The second-order valence-electron chi connectivity index (χ2n) is 5.17. The van der Waals surface area contributed by atoms with E-state index in [1.54, 1.807) is 0 Å². The van der Waals surface area contributed by atoms with Gasteiger partial charge in [-0.25, -0.2) is 0 Å². The van der Waals surface area contributed by atoms with Gasteiger partial charge in [-0.3, -0.25) is 0 Å². The lowest BCUT2D eigenvalue weighted by Gasteiger charge is -2.17. The van der Waals surface area contributed by atoms with E-state index in [2.05, 4.69) is 48.6 Å². The molecule has 2 nitrogen and oxygen atoms in total. The van der Waals surface area contributed by atoms with Gasteiger partial charge >= 0.3 is 0 Å². The average Bonchev–Trinajstić information content (AvgIpc) is 2.48. The summed E-state index contributed by atoms with van der Waals surface area (Å²) in [5.74, 6) is 0.393. The molecule has 0 radical (unpaired) electrons. The van der Waals surface area contributed by atoms with E-state index < -0.39 is 0 Å². The van der Waals surface area contributed by atoms with E-state index in [0.29, 0.717) is 12.5 Å². The Kier molecular flexibility index (Phi) is 5.78. The fourth-order valence-corrected chi connectivity index (χ4v) is 2.25. The first-order valence-corrected chi connectivity index (χ1v) is 7.12. The summed E-state index contributed by atoms with van der Waals surface area (Å²) in [6, 6.07) is 19.0. The minimum absolute atomic E-state index is 0.393. The number of rotatable bonds is 7. The van der Waals surface area contributed by atoms with Crippen molar-refractivity contribution in [2.75, 3.05) is 20.2 Å². The van der Waals surface area contributed by atoms with Crippen molar-refractivity contribution in [2.45, 2.75) is 19.4 Å². The number of nitrogens with one attached hydrogen (secondary N) is 1. The van der Waals surface area contributed by atoms with E-state index in [1.807, 2.05) is 25.2 Å². The molecule has 0 aromatic heterocycles. The molecule has 0 spiro atoms. The van der Waals surface area contributed by atoms with Crippen LogP contribution in [0.2, 0.25) is 0 Å². The topological polar surface area (TPSA) is 21.3 Å². The molecule has 1 atom stereocenters. The van der Waals surface area contributed by atoms with Crippen molar-refractivity contribution in [1.29, 1.82) is 0 Å². The highest BCUT2D eigenvalue weighted by Crippen LogP contribution is 2.17. The van der Waals surface area contributed by atoms with Gasteiger partial charge in [-0.1, -0.05) is 60.2 Å². The zero-order chi connectivity index (χ0) is 14.2. The summed E-state index contributed by atoms with van der Waals surface area (Å²) < 4.78 is 5.88. The molecule has 2 aromatic carbocycles. The lowest BCUT2D eigenvalue weighted by Crippen LogP contribution is -2.21. The summed E-state index contributed by atoms with van der Waals surface area (Å²) in [6.07, 6.45) is 0. The summed E-state index contributed by atoms with van der Waals surface area (Å²) >= 11 is 0. The predicted molar refractivity (Wildman–Crippen MR) is 83.9 cm³/mol.